The highest BCUT2D eigenvalue weighted by molar-refractivity contribution is 5.89. The number of hydrogen-bond donors (Lipinski definition) is 1. The Labute approximate surface area is 165 Å². The third-order valence-corrected chi connectivity index (χ3v) is 5.85. The van der Waals surface area contributed by atoms with Gasteiger partial charge in [0.1, 0.15) is 11.4 Å². The Morgan fingerprint density at radius 1 is 1.25 bits per heavy atom. The molecule has 1 N–H and O–H groups in total. The quantitative estimate of drug-likeness (QED) is 0.738. The monoisotopic (exact) mass is 372 g/mol. The Hall–Kier alpha value is -2.97. The van der Waals surface area contributed by atoms with Gasteiger partial charge in [-0.15, -0.1) is 10.2 Å². The van der Waals surface area contributed by atoms with E-state index in [4.69, 9.17) is 5.26 Å². The molecule has 0 radical (unpaired) electrons. The van der Waals surface area contributed by atoms with Gasteiger partial charge in [-0.3, -0.25) is 0 Å². The summed E-state index contributed by atoms with van der Waals surface area (Å²) in [5.74, 6) is 0.526. The molecule has 1 aliphatic heterocycles. The van der Waals surface area contributed by atoms with Gasteiger partial charge in [-0.1, -0.05) is 25.1 Å². The van der Waals surface area contributed by atoms with Crippen molar-refractivity contribution in [2.45, 2.75) is 32.6 Å². The molecule has 0 saturated carbocycles. The van der Waals surface area contributed by atoms with E-state index in [1.165, 1.54) is 31.0 Å². The van der Waals surface area contributed by atoms with Crippen LogP contribution in [0.3, 0.4) is 0 Å². The molecule has 0 unspecified atom stereocenters. The molecule has 142 valence electrons. The third kappa shape index (κ3) is 3.21. The summed E-state index contributed by atoms with van der Waals surface area (Å²) in [6, 6.07) is 13.3. The number of phenolic OH excluding ortho intramolecular Hbond substituents is 1. The highest BCUT2D eigenvalue weighted by Crippen LogP contribution is 2.36. The number of aromatic hydroxyl groups is 1. The molecular weight excluding hydrogens is 348 g/mol. The van der Waals surface area contributed by atoms with Crippen molar-refractivity contribution >= 4 is 10.9 Å². The number of likely N-dealkylation sites (N-methyl/N-ethyl adjacent to an activating group) is 1. The predicted octanol–water partition coefficient (Wildman–Crippen LogP) is 4.38. The van der Waals surface area contributed by atoms with E-state index in [0.717, 1.165) is 29.6 Å². The van der Waals surface area contributed by atoms with Crippen LogP contribution in [0.2, 0.25) is 0 Å². The first-order valence-electron chi connectivity index (χ1n) is 9.84. The molecule has 1 saturated heterocycles. The lowest BCUT2D eigenvalue weighted by molar-refractivity contribution is 0.218. The van der Waals surface area contributed by atoms with Crippen LogP contribution in [-0.2, 0) is 0 Å². The minimum atomic E-state index is 0.0535. The van der Waals surface area contributed by atoms with Crippen LogP contribution in [0.4, 0.5) is 0 Å². The fourth-order valence-corrected chi connectivity index (χ4v) is 4.26. The lowest BCUT2D eigenvalue weighted by Gasteiger charge is -2.32. The van der Waals surface area contributed by atoms with Crippen LogP contribution in [0.15, 0.2) is 36.4 Å². The van der Waals surface area contributed by atoms with Crippen molar-refractivity contribution in [2.75, 3.05) is 19.6 Å². The SMILES string of the molecule is CCN1CCC[C@@H](c2cccc3c(C)c(-c4ccc(C#N)cc4O)nnc23)C1. The summed E-state index contributed by atoms with van der Waals surface area (Å²) in [7, 11) is 0. The number of benzene rings is 2. The van der Waals surface area contributed by atoms with Gasteiger partial charge in [-0.2, -0.15) is 5.26 Å². The Balaban J connectivity index is 1.80. The van der Waals surface area contributed by atoms with E-state index in [2.05, 4.69) is 40.2 Å². The van der Waals surface area contributed by atoms with E-state index >= 15 is 0 Å². The topological polar surface area (TPSA) is 73.0 Å². The second kappa shape index (κ2) is 7.57. The van der Waals surface area contributed by atoms with Gasteiger partial charge >= 0.3 is 0 Å². The van der Waals surface area contributed by atoms with Crippen molar-refractivity contribution in [3.63, 3.8) is 0 Å². The molecule has 5 heteroatoms. The molecule has 1 aromatic heterocycles. The molecule has 1 aliphatic rings. The Morgan fingerprint density at radius 2 is 2.11 bits per heavy atom. The number of phenols is 1. The number of likely N-dealkylation sites (tertiary alicyclic amines) is 1. The van der Waals surface area contributed by atoms with Crippen LogP contribution in [0.5, 0.6) is 5.75 Å². The minimum absolute atomic E-state index is 0.0535. The average Bonchev–Trinajstić information content (AvgIpc) is 2.74. The summed E-state index contributed by atoms with van der Waals surface area (Å²) in [5.41, 5.74) is 4.90. The maximum Gasteiger partial charge on any atom is 0.126 e. The second-order valence-corrected chi connectivity index (χ2v) is 7.49. The molecule has 5 nitrogen and oxygen atoms in total. The van der Waals surface area contributed by atoms with Gasteiger partial charge in [-0.05, 0) is 68.1 Å². The number of nitriles is 1. The Bertz CT molecular complexity index is 1070. The molecule has 2 aromatic carbocycles. The van der Waals surface area contributed by atoms with Crippen LogP contribution in [0.1, 0.15) is 42.4 Å². The molecule has 0 spiro atoms. The van der Waals surface area contributed by atoms with Gasteiger partial charge in [-0.25, -0.2) is 0 Å². The number of fused-ring (bicyclic) bond motifs is 1. The molecule has 2 heterocycles. The van der Waals surface area contributed by atoms with Crippen molar-refractivity contribution in [1.82, 2.24) is 15.1 Å². The van der Waals surface area contributed by atoms with Gasteiger partial charge in [0, 0.05) is 17.5 Å². The second-order valence-electron chi connectivity index (χ2n) is 7.49. The van der Waals surface area contributed by atoms with Crippen LogP contribution in [0, 0.1) is 18.3 Å². The standard InChI is InChI=1S/C23H24N4O/c1-3-27-11-5-6-17(14-27)19-8-4-7-18-15(2)22(25-26-23(18)19)20-10-9-16(13-24)12-21(20)28/h4,7-10,12,17,28H,3,5-6,11,14H2,1-2H3/t17-/m1/s1. The van der Waals surface area contributed by atoms with Gasteiger partial charge in [0.15, 0.2) is 0 Å². The molecule has 0 bridgehead atoms. The lowest BCUT2D eigenvalue weighted by atomic mass is 9.88. The average molecular weight is 372 g/mol. The van der Waals surface area contributed by atoms with E-state index < -0.39 is 0 Å². The lowest BCUT2D eigenvalue weighted by Crippen LogP contribution is -2.34. The number of piperidine rings is 1. The molecule has 1 atom stereocenters. The maximum absolute atomic E-state index is 10.4. The van der Waals surface area contributed by atoms with Crippen molar-refractivity contribution < 1.29 is 5.11 Å². The van der Waals surface area contributed by atoms with Crippen molar-refractivity contribution in [1.29, 1.82) is 5.26 Å². The van der Waals surface area contributed by atoms with Crippen molar-refractivity contribution in [2.24, 2.45) is 0 Å². The minimum Gasteiger partial charge on any atom is -0.507 e. The van der Waals surface area contributed by atoms with Crippen molar-refractivity contribution in [3.05, 3.63) is 53.1 Å². The fraction of sp³-hybridized carbons (Fsp3) is 0.348. The van der Waals surface area contributed by atoms with Crippen LogP contribution < -0.4 is 0 Å². The molecule has 0 amide bonds. The smallest absolute Gasteiger partial charge is 0.126 e. The van der Waals surface area contributed by atoms with Gasteiger partial charge in [0.05, 0.1) is 17.1 Å². The molecule has 28 heavy (non-hydrogen) atoms. The zero-order chi connectivity index (χ0) is 19.7. The molecule has 3 aromatic rings. The van der Waals surface area contributed by atoms with Gasteiger partial charge in [0.2, 0.25) is 0 Å². The molecule has 0 aliphatic carbocycles. The van der Waals surface area contributed by atoms with Gasteiger partial charge < -0.3 is 10.0 Å². The summed E-state index contributed by atoms with van der Waals surface area (Å²) in [6.45, 7) is 7.55. The van der Waals surface area contributed by atoms with Crippen LogP contribution in [0.25, 0.3) is 22.2 Å². The van der Waals surface area contributed by atoms with E-state index in [1.807, 2.05) is 13.0 Å². The summed E-state index contributed by atoms with van der Waals surface area (Å²) in [4.78, 5) is 2.50. The first-order valence-corrected chi connectivity index (χ1v) is 9.84. The summed E-state index contributed by atoms with van der Waals surface area (Å²) < 4.78 is 0. The summed E-state index contributed by atoms with van der Waals surface area (Å²) in [6.07, 6.45) is 2.38. The summed E-state index contributed by atoms with van der Waals surface area (Å²) >= 11 is 0. The zero-order valence-corrected chi connectivity index (χ0v) is 16.3. The van der Waals surface area contributed by atoms with E-state index in [1.54, 1.807) is 12.1 Å². The van der Waals surface area contributed by atoms with E-state index in [-0.39, 0.29) is 5.75 Å². The molecular formula is C23H24N4O. The highest BCUT2D eigenvalue weighted by Gasteiger charge is 2.23. The normalized spacial score (nSPS) is 17.5. The largest absolute Gasteiger partial charge is 0.507 e. The van der Waals surface area contributed by atoms with Crippen molar-refractivity contribution in [3.8, 4) is 23.1 Å². The first-order chi connectivity index (χ1) is 13.6. The van der Waals surface area contributed by atoms with Gasteiger partial charge in [0.25, 0.3) is 0 Å². The van der Waals surface area contributed by atoms with Crippen LogP contribution in [-0.4, -0.2) is 39.8 Å². The summed E-state index contributed by atoms with van der Waals surface area (Å²) in [5, 5.41) is 29.5. The van der Waals surface area contributed by atoms with E-state index in [0.29, 0.717) is 22.7 Å². The van der Waals surface area contributed by atoms with E-state index in [9.17, 15) is 5.11 Å². The Morgan fingerprint density at radius 3 is 2.86 bits per heavy atom. The number of hydrogen-bond acceptors (Lipinski definition) is 5. The number of rotatable bonds is 3. The number of aryl methyl sites for hydroxylation is 1. The fourth-order valence-electron chi connectivity index (χ4n) is 4.26. The molecule has 1 fully saturated rings. The maximum atomic E-state index is 10.4. The first kappa shape index (κ1) is 18.4. The highest BCUT2D eigenvalue weighted by atomic mass is 16.3. The number of aromatic nitrogens is 2. The molecule has 4 rings (SSSR count). The number of nitrogens with zero attached hydrogens (tertiary/aromatic N) is 4. The Kier molecular flexibility index (Phi) is 4.97. The zero-order valence-electron chi connectivity index (χ0n) is 16.3. The third-order valence-electron chi connectivity index (χ3n) is 5.85. The predicted molar refractivity (Wildman–Crippen MR) is 110 cm³/mol. The van der Waals surface area contributed by atoms with Crippen LogP contribution >= 0.6 is 0 Å².